The number of urea groups is 1. The molecule has 10 amide bonds. The van der Waals surface area contributed by atoms with E-state index in [4.69, 9.17) is 10.9 Å². The minimum Gasteiger partial charge on any atom is -0.368 e. The van der Waals surface area contributed by atoms with Crippen molar-refractivity contribution in [1.29, 1.82) is 0 Å². The van der Waals surface area contributed by atoms with Gasteiger partial charge in [-0.1, -0.05) is 20.3 Å². The molecule has 12 N–H and O–H groups in total. The van der Waals surface area contributed by atoms with Crippen LogP contribution in [0.4, 0.5) is 4.79 Å². The molecule has 2 rings (SSSR count). The Labute approximate surface area is 358 Å². The van der Waals surface area contributed by atoms with Crippen LogP contribution in [0.3, 0.4) is 0 Å². The number of nitrogens with one attached hydrogen (secondary N) is 9. The van der Waals surface area contributed by atoms with Crippen LogP contribution in [-0.2, 0) is 38.4 Å². The van der Waals surface area contributed by atoms with Crippen molar-refractivity contribution in [3.05, 3.63) is 0 Å². The predicted molar refractivity (Wildman–Crippen MR) is 226 cm³/mol. The molecule has 0 radical (unpaired) electrons. The van der Waals surface area contributed by atoms with Crippen LogP contribution in [0.1, 0.15) is 78.1 Å². The van der Waals surface area contributed by atoms with Gasteiger partial charge >= 0.3 is 6.03 Å². The number of carbonyl (C=O) groups is 9. The monoisotopic (exact) mass is 890 g/mol. The van der Waals surface area contributed by atoms with E-state index in [-0.39, 0.29) is 55.0 Å². The fourth-order valence-corrected chi connectivity index (χ4v) is 8.78. The van der Waals surface area contributed by atoms with Crippen molar-refractivity contribution in [2.24, 2.45) is 17.6 Å². The number of hydrogen-bond acceptors (Lipinski definition) is 13. The molecule has 334 valence electrons. The topological polar surface area (TPSA) is 308 Å². The van der Waals surface area contributed by atoms with Gasteiger partial charge in [-0.2, -0.15) is 36.2 Å². The summed E-state index contributed by atoms with van der Waals surface area (Å²) in [5, 5.41) is 30.4. The zero-order chi connectivity index (χ0) is 43.9. The normalized spacial score (nSPS) is 18.8. The van der Waals surface area contributed by atoms with Crippen LogP contribution >= 0.6 is 36.2 Å². The average Bonchev–Trinajstić information content (AvgIpc) is 3.75. The summed E-state index contributed by atoms with van der Waals surface area (Å²) >= 11 is 7.42. The molecule has 0 aromatic carbocycles. The third kappa shape index (κ3) is 19.8. The standard InChI is InChI=1S/C36H62N10O10S3/c1-20(2)14-21(15-28(48)46-56)33(52)43-24(18-57)35(54)42-23(11-13-58-3)34(53)40-16-29(49)39-17-30(50)41-22(32(37)51)8-6-7-12-38-27(47)10-5-4-9-26-31-25(19-59-26)44-36(55)45-31/h20-26,31,56-57H,4-19H2,1-3H3,(H2,37,51)(H,38,47)(H,39,49)(H,40,53)(H,41,50)(H,42,54)(H,43,52)(H,46,48)(H2,44,45,55)/t21?,22-,23-,24-,25-,26-,31-/m0/s1. The van der Waals surface area contributed by atoms with Gasteiger partial charge in [-0.3, -0.25) is 43.6 Å². The number of rotatable bonds is 29. The van der Waals surface area contributed by atoms with E-state index in [1.165, 1.54) is 17.2 Å². The maximum absolute atomic E-state index is 13.1. The number of unbranched alkanes of at least 4 members (excludes halogenated alkanes) is 2. The Kier molecular flexibility index (Phi) is 24.1. The van der Waals surface area contributed by atoms with Crippen molar-refractivity contribution in [2.75, 3.05) is 43.1 Å². The molecule has 2 aliphatic heterocycles. The Balaban J connectivity index is 1.70. The van der Waals surface area contributed by atoms with Crippen LogP contribution in [0.25, 0.3) is 0 Å². The highest BCUT2D eigenvalue weighted by Gasteiger charge is 2.42. The zero-order valence-electron chi connectivity index (χ0n) is 33.9. The first kappa shape index (κ1) is 51.2. The fraction of sp³-hybridized carbons (Fsp3) is 0.750. The summed E-state index contributed by atoms with van der Waals surface area (Å²) in [7, 11) is 0. The molecule has 1 unspecified atom stereocenters. The van der Waals surface area contributed by atoms with Gasteiger partial charge < -0.3 is 48.3 Å². The number of thiol groups is 1. The molecule has 0 aromatic rings. The number of hydroxylamine groups is 1. The summed E-state index contributed by atoms with van der Waals surface area (Å²) in [6, 6.07) is -3.06. The molecule has 0 aromatic heterocycles. The fourth-order valence-electron chi connectivity index (χ4n) is 6.51. The van der Waals surface area contributed by atoms with Crippen LogP contribution in [0, 0.1) is 11.8 Å². The van der Waals surface area contributed by atoms with Crippen molar-refractivity contribution in [3.63, 3.8) is 0 Å². The molecule has 0 bridgehead atoms. The molecule has 2 aliphatic rings. The van der Waals surface area contributed by atoms with Gasteiger partial charge in [-0.15, -0.1) is 0 Å². The van der Waals surface area contributed by atoms with Gasteiger partial charge in [0.25, 0.3) is 0 Å². The summed E-state index contributed by atoms with van der Waals surface area (Å²) in [5.74, 6) is -4.56. The van der Waals surface area contributed by atoms with Gasteiger partial charge in [0.15, 0.2) is 0 Å². The lowest BCUT2D eigenvalue weighted by molar-refractivity contribution is -0.136. The highest BCUT2D eigenvalue weighted by Crippen LogP contribution is 2.33. The molecule has 0 saturated carbocycles. The van der Waals surface area contributed by atoms with Gasteiger partial charge in [0.05, 0.1) is 25.2 Å². The third-order valence-electron chi connectivity index (χ3n) is 9.61. The van der Waals surface area contributed by atoms with Gasteiger partial charge in [-0.05, 0) is 62.9 Å². The maximum atomic E-state index is 13.1. The highest BCUT2D eigenvalue weighted by atomic mass is 32.2. The first-order chi connectivity index (χ1) is 28.1. The van der Waals surface area contributed by atoms with E-state index in [1.807, 2.05) is 25.6 Å². The lowest BCUT2D eigenvalue weighted by atomic mass is 9.93. The second kappa shape index (κ2) is 27.7. The van der Waals surface area contributed by atoms with Crippen LogP contribution in [0.15, 0.2) is 0 Å². The van der Waals surface area contributed by atoms with Crippen molar-refractivity contribution < 1.29 is 48.4 Å². The maximum Gasteiger partial charge on any atom is 0.315 e. The second-order valence-corrected chi connectivity index (χ2v) is 17.5. The number of fused-ring (bicyclic) bond motifs is 1. The summed E-state index contributed by atoms with van der Waals surface area (Å²) in [4.78, 5) is 112. The zero-order valence-corrected chi connectivity index (χ0v) is 36.4. The van der Waals surface area contributed by atoms with Crippen LogP contribution < -0.4 is 53.7 Å². The molecule has 2 fully saturated rings. The van der Waals surface area contributed by atoms with E-state index in [1.54, 1.807) is 6.26 Å². The largest absolute Gasteiger partial charge is 0.368 e. The number of primary amides is 1. The highest BCUT2D eigenvalue weighted by molar-refractivity contribution is 8.00. The molecule has 23 heteroatoms. The molecule has 20 nitrogen and oxygen atoms in total. The molecule has 2 heterocycles. The molecule has 7 atom stereocenters. The van der Waals surface area contributed by atoms with E-state index >= 15 is 0 Å². The first-order valence-electron chi connectivity index (χ1n) is 19.8. The minimum atomic E-state index is -1.16. The van der Waals surface area contributed by atoms with Crippen molar-refractivity contribution in [2.45, 2.75) is 114 Å². The van der Waals surface area contributed by atoms with E-state index in [0.29, 0.717) is 43.2 Å². The molecular weight excluding hydrogens is 829 g/mol. The SMILES string of the molecule is CSCC[C@H](NC(=O)[C@H](CS)NC(=O)C(CC(=O)NO)CC(C)C)C(=O)NCC(=O)NCC(=O)N[C@@H](CCCCNC(=O)CCCC[C@@H]1SC[C@@H]2NC(=O)N[C@@H]21)C(N)=O. The molecule has 59 heavy (non-hydrogen) atoms. The van der Waals surface area contributed by atoms with Gasteiger partial charge in [0, 0.05) is 42.1 Å². The lowest BCUT2D eigenvalue weighted by Crippen LogP contribution is -2.56. The van der Waals surface area contributed by atoms with Crippen LogP contribution in [0.5, 0.6) is 0 Å². The third-order valence-corrected chi connectivity index (χ3v) is 12.1. The van der Waals surface area contributed by atoms with Crippen LogP contribution in [-0.4, -0.2) is 137 Å². The summed E-state index contributed by atoms with van der Waals surface area (Å²) < 4.78 is 0. The predicted octanol–water partition coefficient (Wildman–Crippen LogP) is -1.59. The van der Waals surface area contributed by atoms with Crippen molar-refractivity contribution in [1.82, 2.24) is 48.0 Å². The number of carbonyl (C=O) groups excluding carboxylic acids is 9. The van der Waals surface area contributed by atoms with E-state index in [2.05, 4.69) is 55.2 Å². The van der Waals surface area contributed by atoms with E-state index in [9.17, 15) is 43.2 Å². The Bertz CT molecular complexity index is 1460. The summed E-state index contributed by atoms with van der Waals surface area (Å²) in [6.45, 7) is 3.06. The molecule has 0 aliphatic carbocycles. The Morgan fingerprint density at radius 2 is 1.54 bits per heavy atom. The lowest BCUT2D eigenvalue weighted by Gasteiger charge is -2.24. The van der Waals surface area contributed by atoms with Crippen LogP contribution in [0.2, 0.25) is 0 Å². The number of hydrogen-bond donors (Lipinski definition) is 12. The van der Waals surface area contributed by atoms with Crippen molar-refractivity contribution in [3.8, 4) is 0 Å². The number of thioether (sulfide) groups is 2. The summed E-state index contributed by atoms with van der Waals surface area (Å²) in [5.41, 5.74) is 6.97. The number of nitrogens with two attached hydrogens (primary N) is 1. The van der Waals surface area contributed by atoms with E-state index in [0.717, 1.165) is 25.0 Å². The molecule has 0 spiro atoms. The average molecular weight is 891 g/mol. The molecular formula is C36H62N10O10S3. The quantitative estimate of drug-likeness (QED) is 0.0133. The van der Waals surface area contributed by atoms with Gasteiger partial charge in [-0.25, -0.2) is 10.3 Å². The smallest absolute Gasteiger partial charge is 0.315 e. The second-order valence-electron chi connectivity index (χ2n) is 14.9. The minimum absolute atomic E-state index is 0.0302. The van der Waals surface area contributed by atoms with E-state index < -0.39 is 78.5 Å². The van der Waals surface area contributed by atoms with Crippen molar-refractivity contribution >= 4 is 89.4 Å². The Morgan fingerprint density at radius 1 is 0.831 bits per heavy atom. The van der Waals surface area contributed by atoms with Gasteiger partial charge in [0.2, 0.25) is 47.3 Å². The number of amides is 10. The summed E-state index contributed by atoms with van der Waals surface area (Å²) in [6.07, 6.45) is 6.14. The Morgan fingerprint density at radius 3 is 2.20 bits per heavy atom. The molecule has 2 saturated heterocycles. The first-order valence-corrected chi connectivity index (χ1v) is 22.9. The Hall–Kier alpha value is -3.96. The van der Waals surface area contributed by atoms with Gasteiger partial charge in [0.1, 0.15) is 18.1 Å².